The Kier molecular flexibility index (Phi) is 4.16. The standard InChI is InChI=1S/C10H16N2O2/c1-3-5-12-8-9(7-11-12)6-10(13)14-4-2/h7-8H,3-6H2,1-2H3. The molecule has 0 fully saturated rings. The summed E-state index contributed by atoms with van der Waals surface area (Å²) in [6.45, 7) is 5.22. The van der Waals surface area contributed by atoms with Crippen molar-refractivity contribution < 1.29 is 9.53 Å². The van der Waals surface area contributed by atoms with E-state index in [1.165, 1.54) is 0 Å². The summed E-state index contributed by atoms with van der Waals surface area (Å²) in [6, 6.07) is 0. The van der Waals surface area contributed by atoms with E-state index in [-0.39, 0.29) is 5.97 Å². The molecule has 0 aliphatic rings. The predicted molar refractivity (Wildman–Crippen MR) is 52.9 cm³/mol. The van der Waals surface area contributed by atoms with Crippen LogP contribution in [0.1, 0.15) is 25.8 Å². The first-order valence-corrected chi connectivity index (χ1v) is 4.93. The largest absolute Gasteiger partial charge is 0.466 e. The number of aromatic nitrogens is 2. The molecule has 1 heterocycles. The molecule has 0 saturated carbocycles. The van der Waals surface area contributed by atoms with Gasteiger partial charge in [0.1, 0.15) is 0 Å². The number of carbonyl (C=O) groups excluding carboxylic acids is 1. The van der Waals surface area contributed by atoms with Crippen LogP contribution >= 0.6 is 0 Å². The van der Waals surface area contributed by atoms with Gasteiger partial charge in [0.05, 0.1) is 19.2 Å². The number of esters is 1. The maximum atomic E-state index is 11.1. The highest BCUT2D eigenvalue weighted by Crippen LogP contribution is 2.01. The first kappa shape index (κ1) is 10.8. The Labute approximate surface area is 83.9 Å². The van der Waals surface area contributed by atoms with Crippen LogP contribution in [-0.4, -0.2) is 22.4 Å². The van der Waals surface area contributed by atoms with Crippen LogP contribution in [0.15, 0.2) is 12.4 Å². The molecular formula is C10H16N2O2. The summed E-state index contributed by atoms with van der Waals surface area (Å²) in [6.07, 6.45) is 4.96. The van der Waals surface area contributed by atoms with Gasteiger partial charge in [-0.2, -0.15) is 5.10 Å². The first-order chi connectivity index (χ1) is 6.76. The van der Waals surface area contributed by atoms with Crippen molar-refractivity contribution in [2.24, 2.45) is 0 Å². The lowest BCUT2D eigenvalue weighted by atomic mass is 10.2. The Balaban J connectivity index is 2.46. The summed E-state index contributed by atoms with van der Waals surface area (Å²) < 4.78 is 6.68. The number of rotatable bonds is 5. The predicted octanol–water partition coefficient (Wildman–Crippen LogP) is 1.40. The van der Waals surface area contributed by atoms with Crippen molar-refractivity contribution in [2.75, 3.05) is 6.61 Å². The van der Waals surface area contributed by atoms with Crippen molar-refractivity contribution in [3.63, 3.8) is 0 Å². The molecule has 14 heavy (non-hydrogen) atoms. The quantitative estimate of drug-likeness (QED) is 0.668. The van der Waals surface area contributed by atoms with Crippen molar-refractivity contribution in [3.05, 3.63) is 18.0 Å². The second-order valence-electron chi connectivity index (χ2n) is 3.09. The van der Waals surface area contributed by atoms with E-state index in [2.05, 4.69) is 12.0 Å². The molecule has 1 aromatic heterocycles. The summed E-state index contributed by atoms with van der Waals surface area (Å²) >= 11 is 0. The Bertz CT molecular complexity index is 294. The average molecular weight is 196 g/mol. The Morgan fingerprint density at radius 3 is 3.00 bits per heavy atom. The van der Waals surface area contributed by atoms with Crippen LogP contribution in [0.5, 0.6) is 0 Å². The molecular weight excluding hydrogens is 180 g/mol. The maximum Gasteiger partial charge on any atom is 0.310 e. The van der Waals surface area contributed by atoms with Gasteiger partial charge in [-0.25, -0.2) is 0 Å². The molecule has 0 bridgehead atoms. The summed E-state index contributed by atoms with van der Waals surface area (Å²) in [5.74, 6) is -0.191. The van der Waals surface area contributed by atoms with Gasteiger partial charge in [-0.3, -0.25) is 9.48 Å². The highest BCUT2D eigenvalue weighted by molar-refractivity contribution is 5.72. The third kappa shape index (κ3) is 3.20. The zero-order chi connectivity index (χ0) is 10.4. The van der Waals surface area contributed by atoms with Gasteiger partial charge in [0.15, 0.2) is 0 Å². The third-order valence-corrected chi connectivity index (χ3v) is 1.79. The number of hydrogen-bond donors (Lipinski definition) is 0. The molecule has 1 rings (SSSR count). The van der Waals surface area contributed by atoms with E-state index in [1.807, 2.05) is 10.9 Å². The average Bonchev–Trinajstić information content (AvgIpc) is 2.53. The number of ether oxygens (including phenoxy) is 1. The van der Waals surface area contributed by atoms with E-state index in [0.29, 0.717) is 13.0 Å². The normalized spacial score (nSPS) is 10.1. The van der Waals surface area contributed by atoms with E-state index in [0.717, 1.165) is 18.5 Å². The minimum Gasteiger partial charge on any atom is -0.466 e. The van der Waals surface area contributed by atoms with E-state index < -0.39 is 0 Å². The molecule has 0 N–H and O–H groups in total. The van der Waals surface area contributed by atoms with Crippen molar-refractivity contribution >= 4 is 5.97 Å². The van der Waals surface area contributed by atoms with E-state index in [9.17, 15) is 4.79 Å². The van der Waals surface area contributed by atoms with Gasteiger partial charge < -0.3 is 4.74 Å². The highest BCUT2D eigenvalue weighted by atomic mass is 16.5. The third-order valence-electron chi connectivity index (χ3n) is 1.79. The summed E-state index contributed by atoms with van der Waals surface area (Å²) in [4.78, 5) is 11.1. The van der Waals surface area contributed by atoms with Crippen LogP contribution in [0.2, 0.25) is 0 Å². The fourth-order valence-corrected chi connectivity index (χ4v) is 1.23. The summed E-state index contributed by atoms with van der Waals surface area (Å²) in [5.41, 5.74) is 0.914. The lowest BCUT2D eigenvalue weighted by Crippen LogP contribution is -2.06. The SMILES string of the molecule is CCCn1cc(CC(=O)OCC)cn1. The van der Waals surface area contributed by atoms with Crippen molar-refractivity contribution in [1.29, 1.82) is 0 Å². The van der Waals surface area contributed by atoms with Gasteiger partial charge in [-0.1, -0.05) is 6.92 Å². The highest BCUT2D eigenvalue weighted by Gasteiger charge is 2.05. The number of aryl methyl sites for hydroxylation is 1. The minimum atomic E-state index is -0.191. The fourth-order valence-electron chi connectivity index (χ4n) is 1.23. The van der Waals surface area contributed by atoms with Gasteiger partial charge >= 0.3 is 5.97 Å². The molecule has 0 aliphatic carbocycles. The molecule has 4 heteroatoms. The maximum absolute atomic E-state index is 11.1. The molecule has 0 amide bonds. The number of nitrogens with zero attached hydrogens (tertiary/aromatic N) is 2. The monoisotopic (exact) mass is 196 g/mol. The van der Waals surface area contributed by atoms with Crippen LogP contribution in [0.4, 0.5) is 0 Å². The van der Waals surface area contributed by atoms with Crippen molar-refractivity contribution in [2.45, 2.75) is 33.2 Å². The zero-order valence-corrected chi connectivity index (χ0v) is 8.69. The molecule has 0 aliphatic heterocycles. The number of carbonyl (C=O) groups is 1. The fraction of sp³-hybridized carbons (Fsp3) is 0.600. The van der Waals surface area contributed by atoms with Gasteiger partial charge in [-0.05, 0) is 13.3 Å². The summed E-state index contributed by atoms with van der Waals surface area (Å²) in [5, 5.41) is 4.13. The second-order valence-corrected chi connectivity index (χ2v) is 3.09. The van der Waals surface area contributed by atoms with E-state index >= 15 is 0 Å². The topological polar surface area (TPSA) is 44.1 Å². The Morgan fingerprint density at radius 2 is 2.36 bits per heavy atom. The lowest BCUT2D eigenvalue weighted by molar-refractivity contribution is -0.142. The minimum absolute atomic E-state index is 0.191. The van der Waals surface area contributed by atoms with Gasteiger partial charge in [0, 0.05) is 18.3 Å². The lowest BCUT2D eigenvalue weighted by Gasteiger charge is -1.98. The molecule has 0 radical (unpaired) electrons. The zero-order valence-electron chi connectivity index (χ0n) is 8.69. The molecule has 0 spiro atoms. The van der Waals surface area contributed by atoms with Crippen LogP contribution in [0.3, 0.4) is 0 Å². The molecule has 1 aromatic rings. The van der Waals surface area contributed by atoms with Gasteiger partial charge in [0.25, 0.3) is 0 Å². The molecule has 4 nitrogen and oxygen atoms in total. The van der Waals surface area contributed by atoms with Crippen LogP contribution in [0.25, 0.3) is 0 Å². The van der Waals surface area contributed by atoms with Crippen LogP contribution < -0.4 is 0 Å². The van der Waals surface area contributed by atoms with Crippen LogP contribution in [0, 0.1) is 0 Å². The first-order valence-electron chi connectivity index (χ1n) is 4.93. The molecule has 0 unspecified atom stereocenters. The second kappa shape index (κ2) is 5.42. The summed E-state index contributed by atoms with van der Waals surface area (Å²) in [7, 11) is 0. The molecule has 0 aromatic carbocycles. The van der Waals surface area contributed by atoms with Crippen molar-refractivity contribution in [3.8, 4) is 0 Å². The van der Waals surface area contributed by atoms with Crippen molar-refractivity contribution in [1.82, 2.24) is 9.78 Å². The molecule has 78 valence electrons. The molecule has 0 saturated heterocycles. The van der Waals surface area contributed by atoms with E-state index in [1.54, 1.807) is 13.1 Å². The van der Waals surface area contributed by atoms with Crippen LogP contribution in [-0.2, 0) is 22.5 Å². The van der Waals surface area contributed by atoms with Gasteiger partial charge in [-0.15, -0.1) is 0 Å². The smallest absolute Gasteiger partial charge is 0.310 e. The Hall–Kier alpha value is -1.32. The number of hydrogen-bond acceptors (Lipinski definition) is 3. The Morgan fingerprint density at radius 1 is 1.57 bits per heavy atom. The van der Waals surface area contributed by atoms with Gasteiger partial charge in [0.2, 0.25) is 0 Å². The van der Waals surface area contributed by atoms with E-state index in [4.69, 9.17) is 4.74 Å². The molecule has 0 atom stereocenters.